The first-order valence-corrected chi connectivity index (χ1v) is 13.7. The van der Waals surface area contributed by atoms with Crippen LogP contribution in [0.3, 0.4) is 0 Å². The number of nitrogens with one attached hydrogen (secondary N) is 1. The molecule has 2 rings (SSSR count). The van der Waals surface area contributed by atoms with Gasteiger partial charge in [-0.1, -0.05) is 12.1 Å². The van der Waals surface area contributed by atoms with Crippen LogP contribution in [-0.2, 0) is 19.9 Å². The van der Waals surface area contributed by atoms with E-state index in [-0.39, 0.29) is 52.1 Å². The van der Waals surface area contributed by atoms with Gasteiger partial charge in [-0.3, -0.25) is 4.79 Å². The minimum atomic E-state index is -4.15. The maximum Gasteiger partial charge on any atom is 0.256 e. The molecule has 0 bridgehead atoms. The van der Waals surface area contributed by atoms with Crippen molar-refractivity contribution in [3.05, 3.63) is 66.0 Å². The summed E-state index contributed by atoms with van der Waals surface area (Å²) in [5.41, 5.74) is 5.33. The first kappa shape index (κ1) is 30.7. The molecule has 0 aliphatic rings. The molecule has 0 aromatic heterocycles. The van der Waals surface area contributed by atoms with E-state index in [1.54, 1.807) is 27.7 Å². The zero-order valence-electron chi connectivity index (χ0n) is 19.9. The Morgan fingerprint density at radius 2 is 1.54 bits per heavy atom. The smallest absolute Gasteiger partial charge is 0.256 e. The van der Waals surface area contributed by atoms with Crippen LogP contribution in [0.25, 0.3) is 0 Å². The van der Waals surface area contributed by atoms with E-state index in [4.69, 9.17) is 5.73 Å². The van der Waals surface area contributed by atoms with Gasteiger partial charge in [0.25, 0.3) is 5.91 Å². The molecule has 0 spiro atoms. The summed E-state index contributed by atoms with van der Waals surface area (Å²) in [5, 5.41) is 2.56. The lowest BCUT2D eigenvalue weighted by atomic mass is 10.2. The number of carbonyl (C=O) groups excluding carboxylic acids is 1. The van der Waals surface area contributed by atoms with Crippen molar-refractivity contribution in [3.8, 4) is 0 Å². The van der Waals surface area contributed by atoms with Crippen molar-refractivity contribution < 1.29 is 26.0 Å². The van der Waals surface area contributed by atoms with Crippen LogP contribution in [0.5, 0.6) is 0 Å². The number of nitrogens with zero attached hydrogens (tertiary/aromatic N) is 1. The highest BCUT2D eigenvalue weighted by atomic mass is 35.5. The highest BCUT2D eigenvalue weighted by Gasteiger charge is 2.29. The molecule has 8 nitrogen and oxygen atoms in total. The SMILES string of the molecule is CC(C)N(C(C)C)S(=O)(=O)c1ccc(NC(=O)c2ccccc2S(=O)(=O)CC(F)=CCN)cc1.Cl. The topological polar surface area (TPSA) is 127 Å². The molecule has 0 aliphatic carbocycles. The second-order valence-corrected chi connectivity index (χ2v) is 11.9. The van der Waals surface area contributed by atoms with Crippen LogP contribution < -0.4 is 11.1 Å². The lowest BCUT2D eigenvalue weighted by Crippen LogP contribution is -2.41. The predicted octanol–water partition coefficient (Wildman–Crippen LogP) is 3.75. The third-order valence-corrected chi connectivity index (χ3v) is 8.79. The average molecular weight is 548 g/mol. The predicted molar refractivity (Wildman–Crippen MR) is 138 cm³/mol. The van der Waals surface area contributed by atoms with Crippen LogP contribution in [0, 0.1) is 0 Å². The highest BCUT2D eigenvalue weighted by molar-refractivity contribution is 7.91. The fourth-order valence-electron chi connectivity index (χ4n) is 3.55. The van der Waals surface area contributed by atoms with E-state index in [1.165, 1.54) is 52.8 Å². The van der Waals surface area contributed by atoms with Crippen molar-refractivity contribution in [2.24, 2.45) is 5.73 Å². The number of hydrogen-bond acceptors (Lipinski definition) is 6. The van der Waals surface area contributed by atoms with Crippen LogP contribution in [0.15, 0.2) is 70.2 Å². The molecule has 0 saturated carbocycles. The summed E-state index contributed by atoms with van der Waals surface area (Å²) >= 11 is 0. The minimum absolute atomic E-state index is 0. The Balaban J connectivity index is 0.00000612. The second kappa shape index (κ2) is 12.6. The molecule has 3 N–H and O–H groups in total. The fourth-order valence-corrected chi connectivity index (χ4v) is 6.80. The van der Waals surface area contributed by atoms with Gasteiger partial charge in [0.2, 0.25) is 10.0 Å². The maximum absolute atomic E-state index is 13.8. The molecule has 0 radical (unpaired) electrons. The Morgan fingerprint density at radius 1 is 1.00 bits per heavy atom. The number of sulfonamides is 1. The van der Waals surface area contributed by atoms with Crippen molar-refractivity contribution in [2.45, 2.75) is 49.6 Å². The number of anilines is 1. The number of halogens is 2. The molecule has 0 unspecified atom stereocenters. The van der Waals surface area contributed by atoms with E-state index in [9.17, 15) is 26.0 Å². The third kappa shape index (κ3) is 7.58. The fraction of sp³-hybridized carbons (Fsp3) is 0.348. The third-order valence-electron chi connectivity index (χ3n) is 4.84. The van der Waals surface area contributed by atoms with Crippen molar-refractivity contribution in [3.63, 3.8) is 0 Å². The van der Waals surface area contributed by atoms with Gasteiger partial charge >= 0.3 is 0 Å². The normalized spacial score (nSPS) is 12.7. The highest BCUT2D eigenvalue weighted by Crippen LogP contribution is 2.24. The van der Waals surface area contributed by atoms with Crippen molar-refractivity contribution in [2.75, 3.05) is 17.6 Å². The lowest BCUT2D eigenvalue weighted by molar-refractivity contribution is 0.102. The average Bonchev–Trinajstić information content (AvgIpc) is 2.73. The summed E-state index contributed by atoms with van der Waals surface area (Å²) < 4.78 is 66.5. The number of amides is 1. The van der Waals surface area contributed by atoms with Gasteiger partial charge in [0.1, 0.15) is 11.6 Å². The van der Waals surface area contributed by atoms with Crippen LogP contribution in [0.4, 0.5) is 10.1 Å². The Morgan fingerprint density at radius 3 is 2.06 bits per heavy atom. The van der Waals surface area contributed by atoms with Gasteiger partial charge in [0, 0.05) is 24.3 Å². The van der Waals surface area contributed by atoms with E-state index in [1.807, 2.05) is 0 Å². The number of sulfone groups is 1. The number of nitrogens with two attached hydrogens (primary N) is 1. The van der Waals surface area contributed by atoms with Crippen LogP contribution >= 0.6 is 12.4 Å². The zero-order chi connectivity index (χ0) is 25.7. The zero-order valence-corrected chi connectivity index (χ0v) is 22.4. The van der Waals surface area contributed by atoms with Crippen molar-refractivity contribution >= 4 is 43.9 Å². The first-order chi connectivity index (χ1) is 15.8. The minimum Gasteiger partial charge on any atom is -0.327 e. The number of rotatable bonds is 10. The Kier molecular flexibility index (Phi) is 11.1. The van der Waals surface area contributed by atoms with E-state index in [0.29, 0.717) is 0 Å². The van der Waals surface area contributed by atoms with Crippen molar-refractivity contribution in [1.29, 1.82) is 0 Å². The molecular weight excluding hydrogens is 517 g/mol. The van der Waals surface area contributed by atoms with Gasteiger partial charge in [0.05, 0.1) is 15.4 Å². The molecule has 0 atom stereocenters. The Bertz CT molecular complexity index is 1250. The molecule has 0 fully saturated rings. The van der Waals surface area contributed by atoms with Crippen LogP contribution in [0.1, 0.15) is 38.1 Å². The molecule has 12 heteroatoms. The van der Waals surface area contributed by atoms with Crippen molar-refractivity contribution in [1.82, 2.24) is 4.31 Å². The molecule has 194 valence electrons. The summed E-state index contributed by atoms with van der Waals surface area (Å²) in [6.45, 7) is 7.00. The summed E-state index contributed by atoms with van der Waals surface area (Å²) in [6.07, 6.45) is 0.954. The molecule has 1 amide bonds. The van der Waals surface area contributed by atoms with E-state index >= 15 is 0 Å². The van der Waals surface area contributed by atoms with Gasteiger partial charge in [-0.2, -0.15) is 4.31 Å². The molecular formula is C23H31ClFN3O5S2. The quantitative estimate of drug-likeness (QED) is 0.466. The molecule has 2 aromatic carbocycles. The summed E-state index contributed by atoms with van der Waals surface area (Å²) in [6, 6.07) is 10.6. The number of hydrogen-bond donors (Lipinski definition) is 2. The lowest BCUT2D eigenvalue weighted by Gasteiger charge is -2.29. The Labute approximate surface area is 212 Å². The van der Waals surface area contributed by atoms with E-state index in [2.05, 4.69) is 5.32 Å². The summed E-state index contributed by atoms with van der Waals surface area (Å²) in [4.78, 5) is 12.6. The van der Waals surface area contributed by atoms with Gasteiger partial charge in [-0.05, 0) is 70.2 Å². The second-order valence-electron chi connectivity index (χ2n) is 8.14. The monoisotopic (exact) mass is 547 g/mol. The van der Waals surface area contributed by atoms with Crippen LogP contribution in [-0.4, -0.2) is 51.4 Å². The number of benzene rings is 2. The summed E-state index contributed by atoms with van der Waals surface area (Å²) in [7, 11) is -7.89. The van der Waals surface area contributed by atoms with Gasteiger partial charge in [-0.25, -0.2) is 21.2 Å². The van der Waals surface area contributed by atoms with Gasteiger partial charge < -0.3 is 11.1 Å². The standard InChI is InChI=1S/C23H30FN3O5S2.ClH/c1-16(2)27(17(3)4)34(31,32)20-11-9-19(10-12-20)26-23(28)21-7-5-6-8-22(21)33(29,30)15-18(24)13-14-25;/h5-13,16-17H,14-15,25H2,1-4H3,(H,26,28);1H. The number of carbonyl (C=O) groups is 1. The molecule has 2 aromatic rings. The van der Waals surface area contributed by atoms with E-state index < -0.39 is 37.3 Å². The molecule has 0 heterocycles. The molecule has 0 saturated heterocycles. The van der Waals surface area contributed by atoms with Gasteiger partial charge in [0.15, 0.2) is 9.84 Å². The van der Waals surface area contributed by atoms with Gasteiger partial charge in [-0.15, -0.1) is 12.4 Å². The first-order valence-electron chi connectivity index (χ1n) is 10.6. The Hall–Kier alpha value is -2.31. The molecule has 35 heavy (non-hydrogen) atoms. The summed E-state index contributed by atoms with van der Waals surface area (Å²) in [5.74, 6) is -2.56. The molecule has 0 aliphatic heterocycles. The largest absolute Gasteiger partial charge is 0.327 e. The van der Waals surface area contributed by atoms with E-state index in [0.717, 1.165) is 6.08 Å². The van der Waals surface area contributed by atoms with Crippen LogP contribution in [0.2, 0.25) is 0 Å². The maximum atomic E-state index is 13.8.